The van der Waals surface area contributed by atoms with Crippen LogP contribution in [0, 0.1) is 6.92 Å². The first-order valence-corrected chi connectivity index (χ1v) is 10.5. The third kappa shape index (κ3) is 3.07. The van der Waals surface area contributed by atoms with Crippen molar-refractivity contribution in [1.82, 2.24) is 0 Å². The van der Waals surface area contributed by atoms with Crippen molar-refractivity contribution in [3.05, 3.63) is 62.2 Å². The molecule has 0 saturated carbocycles. The van der Waals surface area contributed by atoms with Crippen LogP contribution in [0.15, 0.2) is 18.2 Å². The van der Waals surface area contributed by atoms with Crippen LogP contribution in [0.4, 0.5) is 0 Å². The summed E-state index contributed by atoms with van der Waals surface area (Å²) in [6.07, 6.45) is 0.361. The van der Waals surface area contributed by atoms with Crippen molar-refractivity contribution in [1.29, 1.82) is 0 Å². The highest BCUT2D eigenvalue weighted by atomic mass is 35.5. The summed E-state index contributed by atoms with van der Waals surface area (Å²) in [5.41, 5.74) is 1.16. The van der Waals surface area contributed by atoms with Gasteiger partial charge in [0.15, 0.2) is 5.78 Å². The van der Waals surface area contributed by atoms with E-state index in [0.29, 0.717) is 22.9 Å². The van der Waals surface area contributed by atoms with Gasteiger partial charge in [0, 0.05) is 22.1 Å². The topological polar surface area (TPSA) is 99.1 Å². The lowest BCUT2D eigenvalue weighted by atomic mass is 9.78. The van der Waals surface area contributed by atoms with Crippen molar-refractivity contribution in [3.63, 3.8) is 0 Å². The van der Waals surface area contributed by atoms with E-state index >= 15 is 0 Å². The number of methoxy groups -OCH3 is 3. The van der Waals surface area contributed by atoms with Gasteiger partial charge < -0.3 is 19.3 Å². The Morgan fingerprint density at radius 1 is 1.00 bits per heavy atom. The van der Waals surface area contributed by atoms with Gasteiger partial charge in [-0.15, -0.1) is 0 Å². The van der Waals surface area contributed by atoms with Crippen LogP contribution < -0.4 is 9.47 Å². The Morgan fingerprint density at radius 2 is 1.70 bits per heavy atom. The number of fused-ring (bicyclic) bond motifs is 4. The van der Waals surface area contributed by atoms with Gasteiger partial charge >= 0.3 is 5.97 Å². The average molecular weight is 469 g/mol. The molecule has 1 aliphatic rings. The molecule has 0 saturated heterocycles. The number of aromatic hydroxyl groups is 1. The third-order valence-corrected chi connectivity index (χ3v) is 6.45. The number of aryl methyl sites for hydroxylation is 1. The molecule has 3 aromatic carbocycles. The van der Waals surface area contributed by atoms with Crippen LogP contribution in [-0.4, -0.2) is 44.0 Å². The van der Waals surface area contributed by atoms with E-state index in [0.717, 1.165) is 0 Å². The van der Waals surface area contributed by atoms with E-state index < -0.39 is 17.5 Å². The molecule has 4 rings (SSSR count). The zero-order chi connectivity index (χ0) is 24.2. The molecule has 0 aliphatic heterocycles. The number of rotatable bonds is 4. The quantitative estimate of drug-likeness (QED) is 0.435. The van der Waals surface area contributed by atoms with Crippen LogP contribution in [0.25, 0.3) is 10.8 Å². The van der Waals surface area contributed by atoms with Gasteiger partial charge in [-0.05, 0) is 42.5 Å². The van der Waals surface area contributed by atoms with E-state index in [1.807, 2.05) is 0 Å². The van der Waals surface area contributed by atoms with Crippen LogP contribution in [0.2, 0.25) is 5.02 Å². The second-order valence-electron chi connectivity index (χ2n) is 7.64. The lowest BCUT2D eigenvalue weighted by Crippen LogP contribution is -2.25. The molecule has 0 amide bonds. The van der Waals surface area contributed by atoms with E-state index in [2.05, 4.69) is 0 Å². The molecule has 8 heteroatoms. The number of benzene rings is 3. The Balaban J connectivity index is 2.19. The second-order valence-corrected chi connectivity index (χ2v) is 8.02. The fourth-order valence-corrected chi connectivity index (χ4v) is 4.63. The van der Waals surface area contributed by atoms with E-state index in [4.69, 9.17) is 25.8 Å². The smallest absolute Gasteiger partial charge is 0.338 e. The molecule has 1 N–H and O–H groups in total. The minimum absolute atomic E-state index is 0.00360. The molecule has 0 aromatic heterocycles. The first-order chi connectivity index (χ1) is 15.7. The molecule has 3 aromatic rings. The number of halogens is 1. The van der Waals surface area contributed by atoms with E-state index in [1.54, 1.807) is 26.0 Å². The van der Waals surface area contributed by atoms with Gasteiger partial charge in [0.05, 0.1) is 43.0 Å². The molecular weight excluding hydrogens is 448 g/mol. The van der Waals surface area contributed by atoms with Gasteiger partial charge in [-0.1, -0.05) is 18.5 Å². The highest BCUT2D eigenvalue weighted by molar-refractivity contribution is 6.38. The summed E-state index contributed by atoms with van der Waals surface area (Å²) in [6.45, 7) is 3.52. The Kier molecular flexibility index (Phi) is 5.54. The molecule has 1 aliphatic carbocycles. The lowest BCUT2D eigenvalue weighted by Gasteiger charge is -2.25. The number of carbonyl (C=O) groups is 3. The van der Waals surface area contributed by atoms with Crippen molar-refractivity contribution >= 4 is 39.9 Å². The van der Waals surface area contributed by atoms with Gasteiger partial charge in [-0.3, -0.25) is 9.59 Å². The summed E-state index contributed by atoms with van der Waals surface area (Å²) in [4.78, 5) is 40.1. The maximum absolute atomic E-state index is 13.8. The first-order valence-electron chi connectivity index (χ1n) is 10.2. The fraction of sp³-hybridized carbons (Fsp3) is 0.240. The Bertz CT molecular complexity index is 1390. The maximum Gasteiger partial charge on any atom is 0.338 e. The molecule has 0 bridgehead atoms. The van der Waals surface area contributed by atoms with Crippen molar-refractivity contribution < 1.29 is 33.7 Å². The zero-order valence-corrected chi connectivity index (χ0v) is 19.5. The minimum atomic E-state index is -0.656. The van der Waals surface area contributed by atoms with E-state index in [9.17, 15) is 19.5 Å². The zero-order valence-electron chi connectivity index (χ0n) is 18.7. The summed E-state index contributed by atoms with van der Waals surface area (Å²) >= 11 is 6.27. The number of ether oxygens (including phenoxy) is 3. The Labute approximate surface area is 194 Å². The van der Waals surface area contributed by atoms with Crippen molar-refractivity contribution in [2.24, 2.45) is 0 Å². The van der Waals surface area contributed by atoms with Gasteiger partial charge in [-0.2, -0.15) is 0 Å². The summed E-state index contributed by atoms with van der Waals surface area (Å²) in [5, 5.41) is 11.5. The molecule has 7 nitrogen and oxygen atoms in total. The molecule has 0 radical (unpaired) electrons. The largest absolute Gasteiger partial charge is 0.506 e. The number of carbonyl (C=O) groups excluding carboxylic acids is 3. The lowest BCUT2D eigenvalue weighted by molar-refractivity contribution is 0.0598. The number of phenolic OH excluding ortho intramolecular Hbond substituents is 1. The SMILES string of the molecule is CCc1c(C(=O)OC)cc2c(c1OC)C(=O)c1c(OC)cc3cc(C)c(Cl)c(O)c3c1C2=O. The van der Waals surface area contributed by atoms with Gasteiger partial charge in [0.25, 0.3) is 0 Å². The van der Waals surface area contributed by atoms with Gasteiger partial charge in [0.2, 0.25) is 5.78 Å². The number of esters is 1. The number of ketones is 2. The Hall–Kier alpha value is -3.58. The normalized spacial score (nSPS) is 12.4. The van der Waals surface area contributed by atoms with E-state index in [-0.39, 0.29) is 55.5 Å². The van der Waals surface area contributed by atoms with Gasteiger partial charge in [0.1, 0.15) is 17.2 Å². The fourth-order valence-electron chi connectivity index (χ4n) is 4.49. The summed E-state index contributed by atoms with van der Waals surface area (Å²) < 4.78 is 15.9. The van der Waals surface area contributed by atoms with Gasteiger partial charge in [-0.25, -0.2) is 4.79 Å². The average Bonchev–Trinajstić information content (AvgIpc) is 2.82. The van der Waals surface area contributed by atoms with Crippen molar-refractivity contribution in [3.8, 4) is 17.2 Å². The van der Waals surface area contributed by atoms with Crippen LogP contribution in [-0.2, 0) is 11.2 Å². The van der Waals surface area contributed by atoms with E-state index in [1.165, 1.54) is 27.4 Å². The monoisotopic (exact) mass is 468 g/mol. The minimum Gasteiger partial charge on any atom is -0.506 e. The summed E-state index contributed by atoms with van der Waals surface area (Å²) in [5.74, 6) is -1.73. The number of phenols is 1. The Morgan fingerprint density at radius 3 is 2.27 bits per heavy atom. The second kappa shape index (κ2) is 8.08. The molecule has 0 atom stereocenters. The van der Waals surface area contributed by atoms with Crippen molar-refractivity contribution in [2.75, 3.05) is 21.3 Å². The molecule has 33 heavy (non-hydrogen) atoms. The molecule has 0 heterocycles. The standard InChI is InChI=1S/C25H21ClO7/c1-6-12-13(25(30)33-5)9-14-17(24(12)32-4)22(28)18-15(31-3)8-11-7-10(2)20(26)23(29)16(11)19(18)21(14)27/h7-9,29H,6H2,1-5H3. The summed E-state index contributed by atoms with van der Waals surface area (Å²) in [6, 6.07) is 4.64. The van der Waals surface area contributed by atoms with Crippen molar-refractivity contribution in [2.45, 2.75) is 20.3 Å². The molecule has 0 spiro atoms. The van der Waals surface area contributed by atoms with Crippen LogP contribution in [0.1, 0.15) is 60.3 Å². The highest BCUT2D eigenvalue weighted by Gasteiger charge is 2.39. The third-order valence-electron chi connectivity index (χ3n) is 5.98. The maximum atomic E-state index is 13.8. The predicted molar refractivity (Wildman–Crippen MR) is 122 cm³/mol. The van der Waals surface area contributed by atoms with Crippen LogP contribution >= 0.6 is 11.6 Å². The predicted octanol–water partition coefficient (Wildman–Crippen LogP) is 4.65. The first kappa shape index (κ1) is 22.6. The molecular formula is C25H21ClO7. The number of hydrogen-bond donors (Lipinski definition) is 1. The molecule has 170 valence electrons. The van der Waals surface area contributed by atoms with Crippen LogP contribution in [0.3, 0.4) is 0 Å². The highest BCUT2D eigenvalue weighted by Crippen LogP contribution is 2.47. The molecule has 0 unspecified atom stereocenters. The van der Waals surface area contributed by atoms with Crippen LogP contribution in [0.5, 0.6) is 17.2 Å². The molecule has 0 fully saturated rings. The number of hydrogen-bond acceptors (Lipinski definition) is 7. The summed E-state index contributed by atoms with van der Waals surface area (Å²) in [7, 11) is 4.00.